The van der Waals surface area contributed by atoms with E-state index in [4.69, 9.17) is 9.15 Å². The first kappa shape index (κ1) is 11.1. The molecule has 1 aromatic heterocycles. The van der Waals surface area contributed by atoms with E-state index >= 15 is 0 Å². The molecule has 0 bridgehead atoms. The fraction of sp³-hybridized carbons (Fsp3) is 0.111. The molecule has 0 unspecified atom stereocenters. The lowest BCUT2D eigenvalue weighted by molar-refractivity contribution is 0.409. The lowest BCUT2D eigenvalue weighted by atomic mass is 10.2. The van der Waals surface area contributed by atoms with E-state index in [1.165, 1.54) is 6.39 Å². The second-order valence-electron chi connectivity index (χ2n) is 2.72. The molecule has 0 saturated heterocycles. The van der Waals surface area contributed by atoms with Crippen LogP contribution in [0.25, 0.3) is 11.5 Å². The highest BCUT2D eigenvalue weighted by atomic mass is 127. The van der Waals surface area contributed by atoms with Gasteiger partial charge in [-0.25, -0.2) is 0 Å². The summed E-state index contributed by atoms with van der Waals surface area (Å²) in [6.45, 7) is 0. The van der Waals surface area contributed by atoms with Crippen LogP contribution in [0.2, 0.25) is 0 Å². The monoisotopic (exact) mass is 428 g/mol. The molecule has 0 spiro atoms. The van der Waals surface area contributed by atoms with Crippen LogP contribution in [0.4, 0.5) is 0 Å². The van der Waals surface area contributed by atoms with Crippen molar-refractivity contribution >= 4 is 45.2 Å². The maximum absolute atomic E-state index is 5.27. The van der Waals surface area contributed by atoms with Gasteiger partial charge in [-0.1, -0.05) is 0 Å². The van der Waals surface area contributed by atoms with E-state index in [1.54, 1.807) is 7.11 Å². The van der Waals surface area contributed by atoms with E-state index in [1.807, 2.05) is 12.1 Å². The van der Waals surface area contributed by atoms with Gasteiger partial charge in [-0.2, -0.15) is 0 Å². The zero-order valence-corrected chi connectivity index (χ0v) is 12.0. The van der Waals surface area contributed by atoms with Gasteiger partial charge < -0.3 is 9.15 Å². The Morgan fingerprint density at radius 1 is 1.27 bits per heavy atom. The molecule has 6 heteroatoms. The van der Waals surface area contributed by atoms with E-state index in [0.717, 1.165) is 18.5 Å². The van der Waals surface area contributed by atoms with Crippen molar-refractivity contribution in [2.24, 2.45) is 0 Å². The minimum atomic E-state index is 0.522. The first-order valence-corrected chi connectivity index (χ1v) is 6.17. The Balaban J connectivity index is 2.53. The van der Waals surface area contributed by atoms with Crippen LogP contribution in [-0.2, 0) is 0 Å². The first-order valence-electron chi connectivity index (χ1n) is 4.02. The summed E-state index contributed by atoms with van der Waals surface area (Å²) >= 11 is 4.43. The van der Waals surface area contributed by atoms with Crippen LogP contribution < -0.4 is 4.74 Å². The summed E-state index contributed by atoms with van der Waals surface area (Å²) in [7, 11) is 1.66. The second kappa shape index (κ2) is 4.64. The summed E-state index contributed by atoms with van der Waals surface area (Å²) in [5.74, 6) is 1.40. The van der Waals surface area contributed by atoms with Gasteiger partial charge in [0.1, 0.15) is 5.75 Å². The fourth-order valence-corrected chi connectivity index (χ4v) is 3.39. The molecule has 0 aliphatic carbocycles. The molecule has 0 fully saturated rings. The first-order chi connectivity index (χ1) is 7.22. The van der Waals surface area contributed by atoms with Gasteiger partial charge in [-0.05, 0) is 57.3 Å². The highest BCUT2D eigenvalue weighted by molar-refractivity contribution is 14.1. The van der Waals surface area contributed by atoms with E-state index in [0.29, 0.717) is 5.89 Å². The van der Waals surface area contributed by atoms with Crippen LogP contribution in [0.5, 0.6) is 5.75 Å². The van der Waals surface area contributed by atoms with Crippen molar-refractivity contribution < 1.29 is 9.15 Å². The minimum Gasteiger partial charge on any atom is -0.495 e. The zero-order chi connectivity index (χ0) is 10.8. The summed E-state index contributed by atoms with van der Waals surface area (Å²) in [5, 5.41) is 7.51. The molecule has 4 nitrogen and oxygen atoms in total. The molecule has 0 saturated carbocycles. The highest BCUT2D eigenvalue weighted by Crippen LogP contribution is 2.31. The lowest BCUT2D eigenvalue weighted by Gasteiger charge is -2.06. The summed E-state index contributed by atoms with van der Waals surface area (Å²) in [6.07, 6.45) is 1.32. The van der Waals surface area contributed by atoms with Crippen molar-refractivity contribution in [1.29, 1.82) is 0 Å². The van der Waals surface area contributed by atoms with Crippen molar-refractivity contribution in [1.82, 2.24) is 10.2 Å². The summed E-state index contributed by atoms with van der Waals surface area (Å²) in [4.78, 5) is 0. The van der Waals surface area contributed by atoms with Crippen molar-refractivity contribution in [3.05, 3.63) is 25.7 Å². The van der Waals surface area contributed by atoms with Gasteiger partial charge in [-0.15, -0.1) is 10.2 Å². The van der Waals surface area contributed by atoms with Gasteiger partial charge in [0.25, 0.3) is 0 Å². The van der Waals surface area contributed by atoms with Gasteiger partial charge in [0, 0.05) is 5.56 Å². The summed E-state index contributed by atoms with van der Waals surface area (Å²) in [5.41, 5.74) is 0.905. The minimum absolute atomic E-state index is 0.522. The smallest absolute Gasteiger partial charge is 0.247 e. The van der Waals surface area contributed by atoms with E-state index in [2.05, 4.69) is 55.4 Å². The predicted molar refractivity (Wildman–Crippen MR) is 71.7 cm³/mol. The Morgan fingerprint density at radius 2 is 1.93 bits per heavy atom. The van der Waals surface area contributed by atoms with Gasteiger partial charge in [0.15, 0.2) is 0 Å². The van der Waals surface area contributed by atoms with Crippen LogP contribution in [0.3, 0.4) is 0 Å². The summed E-state index contributed by atoms with van der Waals surface area (Å²) in [6, 6.07) is 3.91. The quantitative estimate of drug-likeness (QED) is 0.691. The SMILES string of the molecule is COc1c(I)cc(-c2nnco2)cc1I. The standard InChI is InChI=1S/C9H6I2N2O2/c1-14-8-6(10)2-5(3-7(8)11)9-13-12-4-15-9/h2-4H,1H3. The van der Waals surface area contributed by atoms with Crippen LogP contribution >= 0.6 is 45.2 Å². The fourth-order valence-electron chi connectivity index (χ4n) is 1.18. The molecular weight excluding hydrogens is 422 g/mol. The molecule has 0 aliphatic rings. The van der Waals surface area contributed by atoms with Crippen molar-refractivity contribution in [3.63, 3.8) is 0 Å². The maximum Gasteiger partial charge on any atom is 0.247 e. The van der Waals surface area contributed by atoms with Gasteiger partial charge in [-0.3, -0.25) is 0 Å². The number of hydrogen-bond acceptors (Lipinski definition) is 4. The van der Waals surface area contributed by atoms with E-state index in [-0.39, 0.29) is 0 Å². The lowest BCUT2D eigenvalue weighted by Crippen LogP contribution is -1.92. The Bertz CT molecular complexity index is 448. The Labute approximate surface area is 114 Å². The number of ether oxygens (including phenoxy) is 1. The number of aromatic nitrogens is 2. The number of benzene rings is 1. The van der Waals surface area contributed by atoms with Crippen molar-refractivity contribution in [2.75, 3.05) is 7.11 Å². The molecule has 1 aromatic carbocycles. The molecule has 2 rings (SSSR count). The van der Waals surface area contributed by atoms with Gasteiger partial charge >= 0.3 is 0 Å². The molecule has 15 heavy (non-hydrogen) atoms. The Morgan fingerprint density at radius 3 is 2.40 bits per heavy atom. The largest absolute Gasteiger partial charge is 0.495 e. The topological polar surface area (TPSA) is 48.2 Å². The molecule has 0 atom stereocenters. The number of rotatable bonds is 2. The van der Waals surface area contributed by atoms with Crippen LogP contribution in [-0.4, -0.2) is 17.3 Å². The maximum atomic E-state index is 5.27. The molecule has 0 amide bonds. The number of halogens is 2. The average molecular weight is 428 g/mol. The van der Waals surface area contributed by atoms with E-state index < -0.39 is 0 Å². The number of nitrogens with zero attached hydrogens (tertiary/aromatic N) is 2. The zero-order valence-electron chi connectivity index (χ0n) is 7.70. The number of methoxy groups -OCH3 is 1. The van der Waals surface area contributed by atoms with Gasteiger partial charge in [0.2, 0.25) is 12.3 Å². The number of hydrogen-bond donors (Lipinski definition) is 0. The second-order valence-corrected chi connectivity index (χ2v) is 5.04. The molecule has 0 N–H and O–H groups in total. The van der Waals surface area contributed by atoms with Crippen molar-refractivity contribution in [2.45, 2.75) is 0 Å². The molecule has 0 radical (unpaired) electrons. The molecule has 0 aliphatic heterocycles. The van der Waals surface area contributed by atoms with Crippen LogP contribution in [0.15, 0.2) is 22.9 Å². The third kappa shape index (κ3) is 2.25. The highest BCUT2D eigenvalue weighted by Gasteiger charge is 2.11. The Hall–Kier alpha value is -0.380. The van der Waals surface area contributed by atoms with Crippen LogP contribution in [0, 0.1) is 7.14 Å². The van der Waals surface area contributed by atoms with Crippen LogP contribution in [0.1, 0.15) is 0 Å². The predicted octanol–water partition coefficient (Wildman–Crippen LogP) is 2.95. The third-order valence-corrected chi connectivity index (χ3v) is 3.41. The third-order valence-electron chi connectivity index (χ3n) is 1.81. The van der Waals surface area contributed by atoms with Crippen molar-refractivity contribution in [3.8, 4) is 17.2 Å². The van der Waals surface area contributed by atoms with Gasteiger partial charge in [0.05, 0.1) is 14.3 Å². The average Bonchev–Trinajstić information content (AvgIpc) is 2.69. The molecule has 2 aromatic rings. The molecule has 1 heterocycles. The van der Waals surface area contributed by atoms with E-state index in [9.17, 15) is 0 Å². The molecular formula is C9H6I2N2O2. The summed E-state index contributed by atoms with van der Waals surface area (Å²) < 4.78 is 12.4. The normalized spacial score (nSPS) is 10.3. The molecule has 78 valence electrons. The Kier molecular flexibility index (Phi) is 3.44.